The number of rotatable bonds is 3. The second-order valence-electron chi connectivity index (χ2n) is 8.03. The van der Waals surface area contributed by atoms with Crippen molar-refractivity contribution >= 4 is 34.1 Å². The summed E-state index contributed by atoms with van der Waals surface area (Å²) in [6.07, 6.45) is 1.40. The highest BCUT2D eigenvalue weighted by atomic mass is 16.2. The molecular formula is C22H20N8O. The molecule has 9 heteroatoms. The number of para-hydroxylation sites is 2. The zero-order chi connectivity index (χ0) is 21.4. The Morgan fingerprint density at radius 1 is 1.13 bits per heavy atom. The van der Waals surface area contributed by atoms with Gasteiger partial charge >= 0.3 is 0 Å². The van der Waals surface area contributed by atoms with E-state index in [-0.39, 0.29) is 11.3 Å². The third-order valence-corrected chi connectivity index (χ3v) is 5.84. The molecule has 1 aliphatic heterocycles. The molecule has 0 atom stereocenters. The Balaban J connectivity index is 1.36. The zero-order valence-electron chi connectivity index (χ0n) is 17.0. The van der Waals surface area contributed by atoms with E-state index in [9.17, 15) is 10.1 Å². The molecule has 0 aliphatic carbocycles. The Morgan fingerprint density at radius 2 is 1.87 bits per heavy atom. The summed E-state index contributed by atoms with van der Waals surface area (Å²) < 4.78 is 1.65. The summed E-state index contributed by atoms with van der Waals surface area (Å²) in [5.74, 6) is 0.522. The zero-order valence-corrected chi connectivity index (χ0v) is 17.0. The average Bonchev–Trinajstić information content (AvgIpc) is 3.31. The van der Waals surface area contributed by atoms with Gasteiger partial charge < -0.3 is 10.2 Å². The third-order valence-electron chi connectivity index (χ3n) is 5.84. The van der Waals surface area contributed by atoms with Crippen LogP contribution in [0.5, 0.6) is 0 Å². The average molecular weight is 412 g/mol. The first-order valence-electron chi connectivity index (χ1n) is 10.1. The van der Waals surface area contributed by atoms with Gasteiger partial charge in [0.1, 0.15) is 0 Å². The number of carbonyl (C=O) groups is 1. The van der Waals surface area contributed by atoms with E-state index < -0.39 is 0 Å². The van der Waals surface area contributed by atoms with Crippen LogP contribution in [0, 0.1) is 16.7 Å². The molecule has 2 aromatic heterocycles. The Hall–Kier alpha value is -4.06. The molecule has 5 rings (SSSR count). The highest BCUT2D eigenvalue weighted by molar-refractivity contribution is 5.95. The second kappa shape index (κ2) is 7.32. The van der Waals surface area contributed by atoms with Gasteiger partial charge in [-0.1, -0.05) is 12.1 Å². The number of nitrogens with one attached hydrogen (secondary N) is 1. The van der Waals surface area contributed by atoms with Crippen LogP contribution in [0.3, 0.4) is 0 Å². The van der Waals surface area contributed by atoms with E-state index in [1.165, 1.54) is 0 Å². The molecule has 31 heavy (non-hydrogen) atoms. The van der Waals surface area contributed by atoms with Crippen molar-refractivity contribution in [2.24, 2.45) is 5.41 Å². The Bertz CT molecular complexity index is 1310. The highest BCUT2D eigenvalue weighted by Gasteiger charge is 2.32. The van der Waals surface area contributed by atoms with Gasteiger partial charge in [-0.3, -0.25) is 4.79 Å². The fourth-order valence-electron chi connectivity index (χ4n) is 3.82. The number of piperidine rings is 1. The Kier molecular flexibility index (Phi) is 4.47. The number of aromatic nitrogens is 5. The number of hydrogen-bond acceptors (Lipinski definition) is 7. The second-order valence-corrected chi connectivity index (χ2v) is 8.03. The van der Waals surface area contributed by atoms with Gasteiger partial charge in [0, 0.05) is 24.3 Å². The largest absolute Gasteiger partial charge is 0.339 e. The summed E-state index contributed by atoms with van der Waals surface area (Å²) in [5.41, 5.74) is 3.17. The number of fused-ring (bicyclic) bond motifs is 3. The van der Waals surface area contributed by atoms with Crippen molar-refractivity contribution in [3.8, 4) is 6.07 Å². The molecule has 0 spiro atoms. The number of benzene rings is 2. The molecule has 0 radical (unpaired) electrons. The van der Waals surface area contributed by atoms with E-state index in [2.05, 4.69) is 31.9 Å². The van der Waals surface area contributed by atoms with E-state index in [0.29, 0.717) is 43.0 Å². The molecule has 1 aliphatic rings. The molecule has 0 saturated carbocycles. The fourth-order valence-corrected chi connectivity index (χ4v) is 3.82. The number of amides is 1. The monoisotopic (exact) mass is 412 g/mol. The minimum Gasteiger partial charge on any atom is -0.339 e. The smallest absolute Gasteiger partial charge is 0.253 e. The standard InChI is InChI=1S/C22H20N8O/c1-22(14-23)10-12-29(13-11-22)21(31)15-6-8-16(9-7-15)24-19-20-26-27-28-30(20)18-5-3-2-4-17(18)25-19/h2-9H,10-13H2,1H3,(H,24,25). The Morgan fingerprint density at radius 3 is 2.61 bits per heavy atom. The molecule has 1 fully saturated rings. The Labute approximate surface area is 178 Å². The van der Waals surface area contributed by atoms with Crippen LogP contribution < -0.4 is 5.32 Å². The van der Waals surface area contributed by atoms with Crippen LogP contribution in [0.15, 0.2) is 48.5 Å². The number of nitriles is 1. The van der Waals surface area contributed by atoms with Crippen molar-refractivity contribution in [1.29, 1.82) is 5.26 Å². The maximum Gasteiger partial charge on any atom is 0.253 e. The molecule has 3 heterocycles. The van der Waals surface area contributed by atoms with Crippen LogP contribution in [-0.2, 0) is 0 Å². The maximum absolute atomic E-state index is 12.8. The molecule has 9 nitrogen and oxygen atoms in total. The van der Waals surface area contributed by atoms with Gasteiger partial charge in [-0.15, -0.1) is 5.10 Å². The predicted octanol–water partition coefficient (Wildman–Crippen LogP) is 3.18. The van der Waals surface area contributed by atoms with Crippen LogP contribution in [-0.4, -0.2) is 48.9 Å². The lowest BCUT2D eigenvalue weighted by molar-refractivity contribution is 0.0661. The maximum atomic E-state index is 12.8. The van der Waals surface area contributed by atoms with Gasteiger partial charge in [0.2, 0.25) is 5.65 Å². The molecule has 1 amide bonds. The molecule has 154 valence electrons. The van der Waals surface area contributed by atoms with Gasteiger partial charge in [0.25, 0.3) is 5.91 Å². The summed E-state index contributed by atoms with van der Waals surface area (Å²) in [5, 5.41) is 24.4. The quantitative estimate of drug-likeness (QED) is 0.550. The summed E-state index contributed by atoms with van der Waals surface area (Å²) in [6.45, 7) is 3.15. The predicted molar refractivity (Wildman–Crippen MR) is 115 cm³/mol. The number of tetrazole rings is 1. The van der Waals surface area contributed by atoms with Crippen molar-refractivity contribution in [3.63, 3.8) is 0 Å². The van der Waals surface area contributed by atoms with Crippen molar-refractivity contribution in [2.75, 3.05) is 18.4 Å². The van der Waals surface area contributed by atoms with E-state index >= 15 is 0 Å². The summed E-state index contributed by atoms with van der Waals surface area (Å²) in [4.78, 5) is 19.3. The van der Waals surface area contributed by atoms with Crippen molar-refractivity contribution in [2.45, 2.75) is 19.8 Å². The summed E-state index contributed by atoms with van der Waals surface area (Å²) in [7, 11) is 0. The van der Waals surface area contributed by atoms with Gasteiger partial charge in [-0.05, 0) is 66.6 Å². The van der Waals surface area contributed by atoms with Crippen molar-refractivity contribution in [1.82, 2.24) is 29.9 Å². The molecule has 1 saturated heterocycles. The topological polar surface area (TPSA) is 112 Å². The lowest BCUT2D eigenvalue weighted by Crippen LogP contribution is -2.41. The number of anilines is 2. The minimum absolute atomic E-state index is 0.0144. The van der Waals surface area contributed by atoms with E-state index in [1.807, 2.05) is 48.2 Å². The van der Waals surface area contributed by atoms with Gasteiger partial charge in [-0.2, -0.15) is 9.78 Å². The molecule has 2 aromatic carbocycles. The number of likely N-dealkylation sites (tertiary alicyclic amines) is 1. The lowest BCUT2D eigenvalue weighted by Gasteiger charge is -2.35. The molecule has 0 unspecified atom stereocenters. The summed E-state index contributed by atoms with van der Waals surface area (Å²) in [6, 6.07) is 17.3. The van der Waals surface area contributed by atoms with Crippen LogP contribution in [0.2, 0.25) is 0 Å². The SMILES string of the molecule is CC1(C#N)CCN(C(=O)c2ccc(Nc3nc4ccccc4n4nnnc34)cc2)CC1. The summed E-state index contributed by atoms with van der Waals surface area (Å²) >= 11 is 0. The molecule has 4 aromatic rings. The first kappa shape index (κ1) is 18.9. The van der Waals surface area contributed by atoms with Crippen LogP contribution in [0.4, 0.5) is 11.5 Å². The fraction of sp³-hybridized carbons (Fsp3) is 0.273. The number of carbonyl (C=O) groups excluding carboxylic acids is 1. The highest BCUT2D eigenvalue weighted by Crippen LogP contribution is 2.30. The lowest BCUT2D eigenvalue weighted by atomic mass is 9.82. The first-order valence-corrected chi connectivity index (χ1v) is 10.1. The van der Waals surface area contributed by atoms with E-state index in [1.54, 1.807) is 16.6 Å². The molecule has 1 N–H and O–H groups in total. The number of hydrogen-bond donors (Lipinski definition) is 1. The van der Waals surface area contributed by atoms with Crippen molar-refractivity contribution in [3.05, 3.63) is 54.1 Å². The van der Waals surface area contributed by atoms with E-state index in [4.69, 9.17) is 0 Å². The first-order chi connectivity index (χ1) is 15.1. The van der Waals surface area contributed by atoms with Crippen molar-refractivity contribution < 1.29 is 4.79 Å². The van der Waals surface area contributed by atoms with Crippen LogP contribution in [0.1, 0.15) is 30.1 Å². The van der Waals surface area contributed by atoms with Crippen LogP contribution >= 0.6 is 0 Å². The molecule has 0 bridgehead atoms. The molecular weight excluding hydrogens is 392 g/mol. The normalized spacial score (nSPS) is 15.7. The third kappa shape index (κ3) is 3.42. The minimum atomic E-state index is -0.334. The van der Waals surface area contributed by atoms with Crippen LogP contribution in [0.25, 0.3) is 16.7 Å². The van der Waals surface area contributed by atoms with Gasteiger partial charge in [0.05, 0.1) is 22.5 Å². The van der Waals surface area contributed by atoms with E-state index in [0.717, 1.165) is 16.7 Å². The van der Waals surface area contributed by atoms with Gasteiger partial charge in [0.15, 0.2) is 5.82 Å². The number of nitrogens with zero attached hydrogens (tertiary/aromatic N) is 7. The van der Waals surface area contributed by atoms with Gasteiger partial charge in [-0.25, -0.2) is 4.98 Å².